The smallest absolute Gasteiger partial charge is 0.394 e. The highest BCUT2D eigenvalue weighted by molar-refractivity contribution is 7.98. The van der Waals surface area contributed by atoms with Gasteiger partial charge in [0.2, 0.25) is 5.82 Å². The lowest BCUT2D eigenvalue weighted by atomic mass is 10.0. The molecule has 37 heavy (non-hydrogen) atoms. The third kappa shape index (κ3) is 5.93. The van der Waals surface area contributed by atoms with Gasteiger partial charge in [-0.25, -0.2) is 17.9 Å². The molecule has 8 nitrogen and oxygen atoms in total. The number of alkyl halides is 3. The minimum absolute atomic E-state index is 0.0708. The molecule has 0 bridgehead atoms. The lowest BCUT2D eigenvalue weighted by Gasteiger charge is -2.11. The van der Waals surface area contributed by atoms with E-state index in [2.05, 4.69) is 20.2 Å². The average molecular weight is 550 g/mol. The first-order valence-electron chi connectivity index (χ1n) is 11.1. The van der Waals surface area contributed by atoms with E-state index in [0.29, 0.717) is 29.2 Å². The third-order valence-electron chi connectivity index (χ3n) is 5.30. The van der Waals surface area contributed by atoms with Crippen molar-refractivity contribution in [3.63, 3.8) is 0 Å². The van der Waals surface area contributed by atoms with Gasteiger partial charge in [0.25, 0.3) is 0 Å². The fourth-order valence-electron chi connectivity index (χ4n) is 3.39. The van der Waals surface area contributed by atoms with Gasteiger partial charge in [-0.3, -0.25) is 4.98 Å². The number of oxime groups is 1. The summed E-state index contributed by atoms with van der Waals surface area (Å²) in [6.07, 6.45) is -0.0910. The van der Waals surface area contributed by atoms with Crippen LogP contribution in [0.2, 0.25) is 0 Å². The monoisotopic (exact) mass is 549 g/mol. The van der Waals surface area contributed by atoms with Gasteiger partial charge in [0.05, 0.1) is 16.2 Å². The van der Waals surface area contributed by atoms with Gasteiger partial charge >= 0.3 is 6.18 Å². The maximum Gasteiger partial charge on any atom is 0.416 e. The SMILES string of the molecule is CCS(=O)(=O)c1cc(/C(=N/OCCSC)c2ccccc2)cnc1-c1nc2cc(C(F)(F)F)ccn2n1. The first kappa shape index (κ1) is 26.6. The van der Waals surface area contributed by atoms with E-state index < -0.39 is 21.6 Å². The second-order valence-electron chi connectivity index (χ2n) is 7.76. The molecule has 0 amide bonds. The fourth-order valence-corrected chi connectivity index (χ4v) is 4.69. The standard InChI is InChI=1S/C24H22F3N5O3S2/c1-3-37(33,34)19-13-17(21(31-35-11-12-36-2)16-7-5-4-6-8-16)15-28-22(19)23-29-20-14-18(24(25,26)27)9-10-32(20)30-23/h4-10,13-15H,3,11-12H2,1-2H3/b31-21+. The number of hydrogen-bond acceptors (Lipinski definition) is 8. The number of hydrogen-bond donors (Lipinski definition) is 0. The highest BCUT2D eigenvalue weighted by Crippen LogP contribution is 2.31. The molecule has 0 aliphatic heterocycles. The molecule has 0 radical (unpaired) electrons. The number of fused-ring (bicyclic) bond motifs is 1. The maximum absolute atomic E-state index is 13.1. The molecule has 0 spiro atoms. The molecular weight excluding hydrogens is 527 g/mol. The summed E-state index contributed by atoms with van der Waals surface area (Å²) in [6, 6.07) is 12.2. The van der Waals surface area contributed by atoms with Crippen molar-refractivity contribution in [3.8, 4) is 11.5 Å². The normalized spacial score (nSPS) is 12.7. The van der Waals surface area contributed by atoms with E-state index in [1.807, 2.05) is 24.5 Å². The molecule has 0 fully saturated rings. The second kappa shape index (κ2) is 10.9. The Bertz CT molecular complexity index is 1540. The topological polar surface area (TPSA) is 98.8 Å². The molecule has 0 unspecified atom stereocenters. The van der Waals surface area contributed by atoms with Crippen molar-refractivity contribution < 1.29 is 26.4 Å². The Labute approximate surface area is 215 Å². The highest BCUT2D eigenvalue weighted by Gasteiger charge is 2.31. The molecule has 194 valence electrons. The molecule has 0 atom stereocenters. The van der Waals surface area contributed by atoms with Crippen LogP contribution in [0.5, 0.6) is 0 Å². The second-order valence-corrected chi connectivity index (χ2v) is 11.0. The lowest BCUT2D eigenvalue weighted by Crippen LogP contribution is -2.12. The number of halogens is 3. The average Bonchev–Trinajstić information content (AvgIpc) is 3.32. The van der Waals surface area contributed by atoms with Crippen molar-refractivity contribution in [2.75, 3.05) is 24.4 Å². The number of pyridine rings is 2. The molecule has 4 aromatic rings. The summed E-state index contributed by atoms with van der Waals surface area (Å²) in [5.41, 5.74) is 0.392. The van der Waals surface area contributed by atoms with Crippen LogP contribution < -0.4 is 0 Å². The minimum atomic E-state index is -4.56. The van der Waals surface area contributed by atoms with Gasteiger partial charge in [0.1, 0.15) is 18.0 Å². The van der Waals surface area contributed by atoms with Crippen molar-refractivity contribution >= 4 is 33.0 Å². The van der Waals surface area contributed by atoms with Gasteiger partial charge in [0.15, 0.2) is 15.5 Å². The zero-order valence-corrected chi connectivity index (χ0v) is 21.4. The number of rotatable bonds is 9. The van der Waals surface area contributed by atoms with Crippen LogP contribution in [-0.2, 0) is 20.9 Å². The van der Waals surface area contributed by atoms with E-state index in [1.54, 1.807) is 23.9 Å². The van der Waals surface area contributed by atoms with Crippen LogP contribution in [0, 0.1) is 0 Å². The maximum atomic E-state index is 13.1. The number of nitrogens with zero attached hydrogens (tertiary/aromatic N) is 5. The van der Waals surface area contributed by atoms with E-state index in [-0.39, 0.29) is 27.8 Å². The Hall–Kier alpha value is -3.45. The zero-order chi connectivity index (χ0) is 26.6. The van der Waals surface area contributed by atoms with E-state index in [0.717, 1.165) is 22.8 Å². The summed E-state index contributed by atoms with van der Waals surface area (Å²) in [4.78, 5) is 13.8. The summed E-state index contributed by atoms with van der Waals surface area (Å²) in [5, 5.41) is 8.42. The Morgan fingerprint density at radius 3 is 2.57 bits per heavy atom. The molecular formula is C24H22F3N5O3S2. The van der Waals surface area contributed by atoms with Crippen LogP contribution in [0.15, 0.2) is 71.0 Å². The molecule has 3 heterocycles. The van der Waals surface area contributed by atoms with Crippen molar-refractivity contribution in [2.45, 2.75) is 18.0 Å². The first-order valence-corrected chi connectivity index (χ1v) is 14.1. The molecule has 0 aliphatic carbocycles. The Balaban J connectivity index is 1.85. The van der Waals surface area contributed by atoms with Crippen LogP contribution in [0.25, 0.3) is 17.2 Å². The fraction of sp³-hybridized carbons (Fsp3) is 0.250. The van der Waals surface area contributed by atoms with Crippen molar-refractivity contribution in [1.29, 1.82) is 0 Å². The van der Waals surface area contributed by atoms with Crippen LogP contribution >= 0.6 is 11.8 Å². The van der Waals surface area contributed by atoms with E-state index in [4.69, 9.17) is 4.84 Å². The summed E-state index contributed by atoms with van der Waals surface area (Å²) < 4.78 is 66.7. The number of thioether (sulfide) groups is 1. The molecule has 13 heteroatoms. The van der Waals surface area contributed by atoms with Gasteiger partial charge in [-0.05, 0) is 24.5 Å². The summed E-state index contributed by atoms with van der Waals surface area (Å²) in [6.45, 7) is 1.84. The lowest BCUT2D eigenvalue weighted by molar-refractivity contribution is -0.137. The summed E-state index contributed by atoms with van der Waals surface area (Å²) >= 11 is 1.59. The molecule has 1 aromatic carbocycles. The highest BCUT2D eigenvalue weighted by atomic mass is 32.2. The van der Waals surface area contributed by atoms with Crippen LogP contribution in [0.3, 0.4) is 0 Å². The van der Waals surface area contributed by atoms with Crippen molar-refractivity contribution in [2.24, 2.45) is 5.16 Å². The first-order chi connectivity index (χ1) is 17.6. The van der Waals surface area contributed by atoms with Crippen molar-refractivity contribution in [1.82, 2.24) is 19.6 Å². The predicted molar refractivity (Wildman–Crippen MR) is 135 cm³/mol. The van der Waals surface area contributed by atoms with Gasteiger partial charge in [0, 0.05) is 29.3 Å². The molecule has 0 saturated heterocycles. The molecule has 0 aliphatic rings. The number of benzene rings is 1. The summed E-state index contributed by atoms with van der Waals surface area (Å²) in [5.74, 6) is 0.361. The molecule has 4 rings (SSSR count). The van der Waals surface area contributed by atoms with Gasteiger partial charge in [-0.2, -0.15) is 24.9 Å². The molecule has 3 aromatic heterocycles. The predicted octanol–water partition coefficient (Wildman–Crippen LogP) is 4.74. The van der Waals surface area contributed by atoms with Crippen molar-refractivity contribution in [3.05, 3.63) is 77.6 Å². The number of aromatic nitrogens is 4. The quantitative estimate of drug-likeness (QED) is 0.169. The van der Waals surface area contributed by atoms with Gasteiger partial charge in [-0.1, -0.05) is 42.4 Å². The Morgan fingerprint density at radius 1 is 1.14 bits per heavy atom. The molecule has 0 saturated carbocycles. The Morgan fingerprint density at radius 2 is 1.89 bits per heavy atom. The molecule has 0 N–H and O–H groups in total. The number of sulfone groups is 1. The minimum Gasteiger partial charge on any atom is -0.394 e. The van der Waals surface area contributed by atoms with Gasteiger partial charge < -0.3 is 4.84 Å². The third-order valence-corrected chi connectivity index (χ3v) is 7.62. The van der Waals surface area contributed by atoms with E-state index in [1.165, 1.54) is 19.2 Å². The van der Waals surface area contributed by atoms with E-state index >= 15 is 0 Å². The summed E-state index contributed by atoms with van der Waals surface area (Å²) in [7, 11) is -3.84. The van der Waals surface area contributed by atoms with Crippen LogP contribution in [-0.4, -0.2) is 58.1 Å². The Kier molecular flexibility index (Phi) is 7.83. The largest absolute Gasteiger partial charge is 0.416 e. The van der Waals surface area contributed by atoms with Gasteiger partial charge in [-0.15, -0.1) is 5.10 Å². The van der Waals surface area contributed by atoms with Crippen LogP contribution in [0.1, 0.15) is 23.6 Å². The van der Waals surface area contributed by atoms with E-state index in [9.17, 15) is 21.6 Å². The van der Waals surface area contributed by atoms with Crippen LogP contribution in [0.4, 0.5) is 13.2 Å². The zero-order valence-electron chi connectivity index (χ0n) is 19.8.